The molecule has 0 N–H and O–H groups in total. The minimum Gasteiger partial charge on any atom is -0.306 e. The number of rotatable bonds is 1. The fourth-order valence-corrected chi connectivity index (χ4v) is 2.69. The summed E-state index contributed by atoms with van der Waals surface area (Å²) < 4.78 is 0. The van der Waals surface area contributed by atoms with Crippen LogP contribution in [0.1, 0.15) is 46.0 Å². The first kappa shape index (κ1) is 13.0. The second-order valence-electron chi connectivity index (χ2n) is 4.63. The predicted octanol–water partition coefficient (Wildman–Crippen LogP) is 2.59. The van der Waals surface area contributed by atoms with E-state index < -0.39 is 0 Å². The first-order valence-corrected chi connectivity index (χ1v) is 6.79. The quantitative estimate of drug-likeness (QED) is 0.659. The second kappa shape index (κ2) is 7.24. The first-order valence-electron chi connectivity index (χ1n) is 6.79. The van der Waals surface area contributed by atoms with Crippen LogP contribution >= 0.6 is 0 Å². The van der Waals surface area contributed by atoms with E-state index in [0.29, 0.717) is 0 Å². The van der Waals surface area contributed by atoms with Crippen molar-refractivity contribution in [2.45, 2.75) is 52.0 Å². The summed E-state index contributed by atoms with van der Waals surface area (Å²) in [6, 6.07) is 0.910. The summed E-state index contributed by atoms with van der Waals surface area (Å²) in [7, 11) is 2.26. The lowest BCUT2D eigenvalue weighted by Gasteiger charge is -2.26. The highest BCUT2D eigenvalue weighted by Crippen LogP contribution is 2.20. The summed E-state index contributed by atoms with van der Waals surface area (Å²) in [6.07, 6.45) is 7.11. The smallest absolute Gasteiger partial charge is 0.0108 e. The van der Waals surface area contributed by atoms with Gasteiger partial charge in [0.1, 0.15) is 0 Å². The summed E-state index contributed by atoms with van der Waals surface area (Å²) in [6.45, 7) is 9.36. The molecule has 2 aliphatic rings. The maximum atomic E-state index is 2.72. The van der Waals surface area contributed by atoms with Gasteiger partial charge in [-0.2, -0.15) is 0 Å². The Bertz CT molecular complexity index is 153. The van der Waals surface area contributed by atoms with Gasteiger partial charge in [0.15, 0.2) is 0 Å². The van der Waals surface area contributed by atoms with Gasteiger partial charge < -0.3 is 9.80 Å². The SMILES string of the molecule is CC.CN1CCCC(N2CCCC2)CC1. The van der Waals surface area contributed by atoms with Gasteiger partial charge in [-0.15, -0.1) is 0 Å². The zero-order valence-corrected chi connectivity index (χ0v) is 10.8. The summed E-state index contributed by atoms with van der Waals surface area (Å²) in [5.41, 5.74) is 0. The van der Waals surface area contributed by atoms with Crippen LogP contribution in [0.3, 0.4) is 0 Å². The van der Waals surface area contributed by atoms with E-state index in [2.05, 4.69) is 16.8 Å². The van der Waals surface area contributed by atoms with Crippen LogP contribution in [0, 0.1) is 0 Å². The van der Waals surface area contributed by atoms with Crippen molar-refractivity contribution in [3.8, 4) is 0 Å². The lowest BCUT2D eigenvalue weighted by Crippen LogP contribution is -2.33. The third-order valence-corrected chi connectivity index (χ3v) is 3.58. The van der Waals surface area contributed by atoms with Gasteiger partial charge in [0.2, 0.25) is 0 Å². The molecule has 0 aliphatic carbocycles. The normalized spacial score (nSPS) is 29.4. The Morgan fingerprint density at radius 1 is 0.800 bits per heavy atom. The number of hydrogen-bond acceptors (Lipinski definition) is 2. The third kappa shape index (κ3) is 4.12. The van der Waals surface area contributed by atoms with Gasteiger partial charge in [0.25, 0.3) is 0 Å². The average Bonchev–Trinajstić information content (AvgIpc) is 2.72. The van der Waals surface area contributed by atoms with E-state index in [9.17, 15) is 0 Å². The standard InChI is InChI=1S/C11H22N2.C2H6/c1-12-7-4-5-11(6-10-12)13-8-2-3-9-13;1-2/h11H,2-10H2,1H3;1-2H3. The highest BCUT2D eigenvalue weighted by molar-refractivity contribution is 4.79. The van der Waals surface area contributed by atoms with E-state index in [0.717, 1.165) is 6.04 Å². The fraction of sp³-hybridized carbons (Fsp3) is 1.00. The molecule has 0 saturated carbocycles. The summed E-state index contributed by atoms with van der Waals surface area (Å²) in [5, 5.41) is 0. The van der Waals surface area contributed by atoms with E-state index in [1.807, 2.05) is 13.8 Å². The van der Waals surface area contributed by atoms with Crippen LogP contribution < -0.4 is 0 Å². The van der Waals surface area contributed by atoms with Crippen LogP contribution in [0.25, 0.3) is 0 Å². The van der Waals surface area contributed by atoms with Crippen LogP contribution in [0.5, 0.6) is 0 Å². The lowest BCUT2D eigenvalue weighted by atomic mass is 10.1. The van der Waals surface area contributed by atoms with Gasteiger partial charge in [-0.3, -0.25) is 0 Å². The van der Waals surface area contributed by atoms with Crippen LogP contribution in [-0.4, -0.2) is 49.1 Å². The van der Waals surface area contributed by atoms with Gasteiger partial charge in [-0.1, -0.05) is 13.8 Å². The molecule has 0 amide bonds. The van der Waals surface area contributed by atoms with E-state index in [4.69, 9.17) is 0 Å². The van der Waals surface area contributed by atoms with Crippen LogP contribution in [0.4, 0.5) is 0 Å². The van der Waals surface area contributed by atoms with Crippen molar-refractivity contribution in [1.82, 2.24) is 9.80 Å². The number of hydrogen-bond donors (Lipinski definition) is 0. The summed E-state index contributed by atoms with van der Waals surface area (Å²) in [4.78, 5) is 5.20. The van der Waals surface area contributed by atoms with Crippen molar-refractivity contribution < 1.29 is 0 Å². The molecule has 0 radical (unpaired) electrons. The van der Waals surface area contributed by atoms with Gasteiger partial charge >= 0.3 is 0 Å². The molecule has 2 heteroatoms. The molecule has 2 fully saturated rings. The Morgan fingerprint density at radius 2 is 1.47 bits per heavy atom. The molecular formula is C13H28N2. The van der Waals surface area contributed by atoms with E-state index in [1.165, 1.54) is 58.3 Å². The van der Waals surface area contributed by atoms with Gasteiger partial charge in [-0.05, 0) is 65.3 Å². The molecule has 2 rings (SSSR count). The number of likely N-dealkylation sites (tertiary alicyclic amines) is 2. The molecule has 2 heterocycles. The molecule has 0 aromatic heterocycles. The molecule has 2 saturated heterocycles. The van der Waals surface area contributed by atoms with Crippen molar-refractivity contribution in [1.29, 1.82) is 0 Å². The Labute approximate surface area is 95.6 Å². The maximum Gasteiger partial charge on any atom is 0.0108 e. The molecule has 0 spiro atoms. The number of nitrogens with zero attached hydrogens (tertiary/aromatic N) is 2. The molecule has 0 bridgehead atoms. The molecule has 90 valence electrons. The Balaban J connectivity index is 0.000000531. The van der Waals surface area contributed by atoms with Crippen molar-refractivity contribution in [3.05, 3.63) is 0 Å². The molecule has 15 heavy (non-hydrogen) atoms. The maximum absolute atomic E-state index is 2.72. The van der Waals surface area contributed by atoms with Crippen LogP contribution in [0.2, 0.25) is 0 Å². The first-order chi connectivity index (χ1) is 7.36. The molecule has 0 aromatic rings. The zero-order valence-electron chi connectivity index (χ0n) is 10.8. The van der Waals surface area contributed by atoms with E-state index in [-0.39, 0.29) is 0 Å². The highest BCUT2D eigenvalue weighted by Gasteiger charge is 2.23. The van der Waals surface area contributed by atoms with Crippen molar-refractivity contribution >= 4 is 0 Å². The summed E-state index contributed by atoms with van der Waals surface area (Å²) in [5.74, 6) is 0. The summed E-state index contributed by atoms with van der Waals surface area (Å²) >= 11 is 0. The van der Waals surface area contributed by atoms with Crippen molar-refractivity contribution in [3.63, 3.8) is 0 Å². The average molecular weight is 212 g/mol. The Kier molecular flexibility index (Phi) is 6.26. The predicted molar refractivity (Wildman–Crippen MR) is 67.3 cm³/mol. The van der Waals surface area contributed by atoms with Gasteiger partial charge in [0, 0.05) is 6.04 Å². The zero-order chi connectivity index (χ0) is 11.1. The van der Waals surface area contributed by atoms with Gasteiger partial charge in [0.05, 0.1) is 0 Å². The van der Waals surface area contributed by atoms with Crippen molar-refractivity contribution in [2.24, 2.45) is 0 Å². The third-order valence-electron chi connectivity index (χ3n) is 3.58. The van der Waals surface area contributed by atoms with E-state index >= 15 is 0 Å². The van der Waals surface area contributed by atoms with E-state index in [1.54, 1.807) is 0 Å². The Morgan fingerprint density at radius 3 is 2.13 bits per heavy atom. The largest absolute Gasteiger partial charge is 0.306 e. The highest BCUT2D eigenvalue weighted by atomic mass is 15.2. The molecule has 0 aromatic carbocycles. The monoisotopic (exact) mass is 212 g/mol. The van der Waals surface area contributed by atoms with Gasteiger partial charge in [-0.25, -0.2) is 0 Å². The lowest BCUT2D eigenvalue weighted by molar-refractivity contribution is 0.219. The van der Waals surface area contributed by atoms with Crippen molar-refractivity contribution in [2.75, 3.05) is 33.2 Å². The topological polar surface area (TPSA) is 6.48 Å². The molecular weight excluding hydrogens is 184 g/mol. The molecule has 1 unspecified atom stereocenters. The molecule has 1 atom stereocenters. The molecule has 2 aliphatic heterocycles. The van der Waals surface area contributed by atoms with Crippen LogP contribution in [0.15, 0.2) is 0 Å². The fourth-order valence-electron chi connectivity index (χ4n) is 2.69. The molecule has 2 nitrogen and oxygen atoms in total. The van der Waals surface area contributed by atoms with Crippen LogP contribution in [-0.2, 0) is 0 Å². The minimum atomic E-state index is 0.910. The second-order valence-corrected chi connectivity index (χ2v) is 4.63. The Hall–Kier alpha value is -0.0800. The minimum absolute atomic E-state index is 0.910.